The van der Waals surface area contributed by atoms with Gasteiger partial charge < -0.3 is 5.73 Å². The van der Waals surface area contributed by atoms with E-state index in [1.807, 2.05) is 0 Å². The van der Waals surface area contributed by atoms with Crippen molar-refractivity contribution in [1.29, 1.82) is 0 Å². The number of rotatable bonds is 2. The average molecular weight is 289 g/mol. The van der Waals surface area contributed by atoms with Gasteiger partial charge in [0, 0.05) is 18.1 Å². The lowest BCUT2D eigenvalue weighted by molar-refractivity contribution is 0.0865. The number of nitrogens with two attached hydrogens (primary N) is 1. The Kier molecular flexibility index (Phi) is 2.72. The number of pyridine rings is 1. The van der Waals surface area contributed by atoms with Crippen molar-refractivity contribution < 1.29 is 13.2 Å². The number of hydrogen-bond acceptors (Lipinski definition) is 5. The second-order valence-corrected chi connectivity index (χ2v) is 6.26. The van der Waals surface area contributed by atoms with E-state index in [1.165, 1.54) is 24.4 Å². The van der Waals surface area contributed by atoms with Gasteiger partial charge in [0.2, 0.25) is 0 Å². The van der Waals surface area contributed by atoms with Crippen molar-refractivity contribution in [3.8, 4) is 0 Å². The van der Waals surface area contributed by atoms with Crippen LogP contribution < -0.4 is 5.73 Å². The second kappa shape index (κ2) is 4.31. The monoisotopic (exact) mass is 289 g/mol. The standard InChI is InChI=1S/C13H11N3O3S/c14-10-3-4-12-11(6-10)13(17)16(20(12,18)19)8-9-2-1-5-15-7-9/h1-7H,8,14H2. The molecule has 0 radical (unpaired) electrons. The van der Waals surface area contributed by atoms with Crippen LogP contribution >= 0.6 is 0 Å². The van der Waals surface area contributed by atoms with Crippen LogP contribution in [0.1, 0.15) is 15.9 Å². The van der Waals surface area contributed by atoms with Gasteiger partial charge in [0.05, 0.1) is 12.1 Å². The second-order valence-electron chi connectivity index (χ2n) is 4.43. The van der Waals surface area contributed by atoms with Crippen molar-refractivity contribution in [3.63, 3.8) is 0 Å². The Balaban J connectivity index is 2.05. The summed E-state index contributed by atoms with van der Waals surface area (Å²) in [5.74, 6) is -0.559. The summed E-state index contributed by atoms with van der Waals surface area (Å²) in [6.07, 6.45) is 3.11. The van der Waals surface area contributed by atoms with E-state index in [0.29, 0.717) is 11.3 Å². The van der Waals surface area contributed by atoms with Crippen LogP contribution in [0.5, 0.6) is 0 Å². The van der Waals surface area contributed by atoms with Gasteiger partial charge in [0.25, 0.3) is 15.9 Å². The van der Waals surface area contributed by atoms with Gasteiger partial charge in [-0.05, 0) is 29.8 Å². The Hall–Kier alpha value is -2.41. The van der Waals surface area contributed by atoms with Crippen molar-refractivity contribution in [1.82, 2.24) is 9.29 Å². The number of hydrogen-bond donors (Lipinski definition) is 1. The molecule has 0 atom stereocenters. The smallest absolute Gasteiger partial charge is 0.269 e. The molecule has 6 nitrogen and oxygen atoms in total. The van der Waals surface area contributed by atoms with Crippen LogP contribution in [0.25, 0.3) is 0 Å². The minimum atomic E-state index is -3.81. The minimum Gasteiger partial charge on any atom is -0.399 e. The van der Waals surface area contributed by atoms with Gasteiger partial charge in [0.15, 0.2) is 0 Å². The number of amides is 1. The van der Waals surface area contributed by atoms with Crippen molar-refractivity contribution >= 4 is 21.6 Å². The molecular weight excluding hydrogens is 278 g/mol. The third kappa shape index (κ3) is 1.83. The SMILES string of the molecule is Nc1ccc2c(c1)C(=O)N(Cc1cccnc1)S2(=O)=O. The molecule has 2 heterocycles. The lowest BCUT2D eigenvalue weighted by Crippen LogP contribution is -2.29. The van der Waals surface area contributed by atoms with E-state index < -0.39 is 15.9 Å². The molecule has 20 heavy (non-hydrogen) atoms. The van der Waals surface area contributed by atoms with E-state index in [4.69, 9.17) is 5.73 Å². The number of aromatic nitrogens is 1. The Bertz CT molecular complexity index is 788. The van der Waals surface area contributed by atoms with Gasteiger partial charge in [-0.2, -0.15) is 0 Å². The highest BCUT2D eigenvalue weighted by molar-refractivity contribution is 7.90. The number of nitrogen functional groups attached to an aromatic ring is 1. The summed E-state index contributed by atoms with van der Waals surface area (Å²) in [7, 11) is -3.81. The van der Waals surface area contributed by atoms with Crippen molar-refractivity contribution in [2.75, 3.05) is 5.73 Å². The van der Waals surface area contributed by atoms with Crippen molar-refractivity contribution in [2.45, 2.75) is 11.4 Å². The van der Waals surface area contributed by atoms with Gasteiger partial charge in [-0.25, -0.2) is 12.7 Å². The number of nitrogens with zero attached hydrogens (tertiary/aromatic N) is 2. The van der Waals surface area contributed by atoms with E-state index in [-0.39, 0.29) is 17.0 Å². The number of benzene rings is 1. The lowest BCUT2D eigenvalue weighted by atomic mass is 10.2. The Morgan fingerprint density at radius 1 is 1.25 bits per heavy atom. The third-order valence-electron chi connectivity index (χ3n) is 3.08. The number of sulfonamides is 1. The molecule has 0 saturated carbocycles. The molecule has 1 aliphatic rings. The molecule has 0 aliphatic carbocycles. The molecule has 2 N–H and O–H groups in total. The highest BCUT2D eigenvalue weighted by atomic mass is 32.2. The van der Waals surface area contributed by atoms with E-state index in [9.17, 15) is 13.2 Å². The summed E-state index contributed by atoms with van der Waals surface area (Å²) < 4.78 is 25.5. The Morgan fingerprint density at radius 3 is 2.75 bits per heavy atom. The minimum absolute atomic E-state index is 0.000547. The van der Waals surface area contributed by atoms with Crippen LogP contribution in [0.2, 0.25) is 0 Å². The average Bonchev–Trinajstić information content (AvgIpc) is 2.61. The molecule has 0 saturated heterocycles. The molecule has 7 heteroatoms. The third-order valence-corrected chi connectivity index (χ3v) is 4.86. The van der Waals surface area contributed by atoms with Crippen LogP contribution in [0.3, 0.4) is 0 Å². The molecule has 0 bridgehead atoms. The zero-order valence-electron chi connectivity index (χ0n) is 10.4. The molecule has 1 amide bonds. The van der Waals surface area contributed by atoms with Crippen molar-refractivity contribution in [3.05, 3.63) is 53.9 Å². The summed E-state index contributed by atoms with van der Waals surface area (Å²) in [6.45, 7) is -0.0381. The largest absolute Gasteiger partial charge is 0.399 e. The molecule has 3 rings (SSSR count). The normalized spacial score (nSPS) is 16.2. The molecule has 102 valence electrons. The van der Waals surface area contributed by atoms with Gasteiger partial charge in [-0.1, -0.05) is 6.07 Å². The highest BCUT2D eigenvalue weighted by Crippen LogP contribution is 2.32. The molecule has 1 aromatic heterocycles. The first-order chi connectivity index (χ1) is 9.50. The quantitative estimate of drug-likeness (QED) is 0.833. The van der Waals surface area contributed by atoms with Crippen LogP contribution in [0.4, 0.5) is 5.69 Å². The maximum atomic E-state index is 12.4. The fraction of sp³-hybridized carbons (Fsp3) is 0.0769. The predicted octanol–water partition coefficient (Wildman–Crippen LogP) is 1.01. The van der Waals surface area contributed by atoms with E-state index >= 15 is 0 Å². The lowest BCUT2D eigenvalue weighted by Gasteiger charge is -2.14. The first-order valence-electron chi connectivity index (χ1n) is 5.85. The summed E-state index contributed by atoms with van der Waals surface area (Å²) in [5, 5.41) is 0. The summed E-state index contributed by atoms with van der Waals surface area (Å²) in [6, 6.07) is 7.62. The summed E-state index contributed by atoms with van der Waals surface area (Å²) >= 11 is 0. The summed E-state index contributed by atoms with van der Waals surface area (Å²) in [4.78, 5) is 16.2. The fourth-order valence-electron chi connectivity index (χ4n) is 2.12. The van der Waals surface area contributed by atoms with Gasteiger partial charge in [-0.15, -0.1) is 0 Å². The maximum Gasteiger partial charge on any atom is 0.269 e. The highest BCUT2D eigenvalue weighted by Gasteiger charge is 2.41. The molecule has 1 aliphatic heterocycles. The Labute approximate surface area is 115 Å². The zero-order chi connectivity index (χ0) is 14.3. The van der Waals surface area contributed by atoms with E-state index in [0.717, 1.165) is 4.31 Å². The number of carbonyl (C=O) groups is 1. The van der Waals surface area contributed by atoms with Crippen LogP contribution in [0.15, 0.2) is 47.6 Å². The van der Waals surface area contributed by atoms with Crippen LogP contribution in [-0.4, -0.2) is 23.6 Å². The molecule has 0 unspecified atom stereocenters. The first kappa shape index (κ1) is 12.6. The number of fused-ring (bicyclic) bond motifs is 1. The van der Waals surface area contributed by atoms with Crippen LogP contribution in [0, 0.1) is 0 Å². The predicted molar refractivity (Wildman–Crippen MR) is 72.2 cm³/mol. The molecule has 1 aromatic carbocycles. The molecule has 0 spiro atoms. The first-order valence-corrected chi connectivity index (χ1v) is 7.29. The van der Waals surface area contributed by atoms with E-state index in [2.05, 4.69) is 4.98 Å². The zero-order valence-corrected chi connectivity index (χ0v) is 11.2. The summed E-state index contributed by atoms with van der Waals surface area (Å²) in [5.41, 5.74) is 6.72. The van der Waals surface area contributed by atoms with Gasteiger partial charge in [-0.3, -0.25) is 9.78 Å². The molecule has 0 fully saturated rings. The Morgan fingerprint density at radius 2 is 2.05 bits per heavy atom. The van der Waals surface area contributed by atoms with Crippen LogP contribution in [-0.2, 0) is 16.6 Å². The fourth-order valence-corrected chi connectivity index (χ4v) is 3.65. The maximum absolute atomic E-state index is 12.4. The number of anilines is 1. The molecular formula is C13H11N3O3S. The van der Waals surface area contributed by atoms with Gasteiger partial charge in [0.1, 0.15) is 4.90 Å². The van der Waals surface area contributed by atoms with E-state index in [1.54, 1.807) is 18.3 Å². The van der Waals surface area contributed by atoms with Gasteiger partial charge >= 0.3 is 0 Å². The topological polar surface area (TPSA) is 93.4 Å². The number of carbonyl (C=O) groups excluding carboxylic acids is 1. The molecule has 2 aromatic rings. The van der Waals surface area contributed by atoms with Crippen molar-refractivity contribution in [2.24, 2.45) is 0 Å².